The Kier molecular flexibility index (Phi) is 5.12. The zero-order valence-corrected chi connectivity index (χ0v) is 14.5. The summed E-state index contributed by atoms with van der Waals surface area (Å²) in [5.41, 5.74) is -0.639. The number of aromatic nitrogens is 3. The van der Waals surface area contributed by atoms with Crippen molar-refractivity contribution < 1.29 is 4.79 Å². The summed E-state index contributed by atoms with van der Waals surface area (Å²) in [5.74, 6) is 0.797. The van der Waals surface area contributed by atoms with E-state index in [1.54, 1.807) is 11.9 Å². The van der Waals surface area contributed by atoms with Gasteiger partial charge in [0.25, 0.3) is 0 Å². The number of nitrogens with zero attached hydrogens (tertiary/aromatic N) is 5. The van der Waals surface area contributed by atoms with Gasteiger partial charge in [-0.25, -0.2) is 0 Å². The van der Waals surface area contributed by atoms with Gasteiger partial charge in [0.15, 0.2) is 5.16 Å². The monoisotopic (exact) mass is 321 g/mol. The van der Waals surface area contributed by atoms with Crippen LogP contribution in [0.2, 0.25) is 0 Å². The van der Waals surface area contributed by atoms with E-state index in [1.807, 2.05) is 25.5 Å². The van der Waals surface area contributed by atoms with E-state index in [4.69, 9.17) is 0 Å². The molecule has 1 heterocycles. The van der Waals surface area contributed by atoms with Crippen molar-refractivity contribution in [1.29, 1.82) is 5.26 Å². The molecule has 1 aliphatic carbocycles. The third kappa shape index (κ3) is 3.12. The van der Waals surface area contributed by atoms with Crippen LogP contribution >= 0.6 is 11.8 Å². The van der Waals surface area contributed by atoms with Gasteiger partial charge in [-0.15, -0.1) is 10.2 Å². The molecule has 2 rings (SSSR count). The highest BCUT2D eigenvalue weighted by Crippen LogP contribution is 2.34. The molecule has 1 aromatic rings. The van der Waals surface area contributed by atoms with E-state index in [2.05, 4.69) is 16.3 Å². The molecule has 1 saturated carbocycles. The summed E-state index contributed by atoms with van der Waals surface area (Å²) in [6, 6.07) is 2.39. The molecule has 0 aliphatic heterocycles. The molecular weight excluding hydrogens is 298 g/mol. The van der Waals surface area contributed by atoms with Gasteiger partial charge in [0.2, 0.25) is 5.91 Å². The van der Waals surface area contributed by atoms with Crippen LogP contribution in [-0.2, 0) is 11.8 Å². The fourth-order valence-electron chi connectivity index (χ4n) is 2.84. The lowest BCUT2D eigenvalue weighted by atomic mass is 9.81. The first-order valence-corrected chi connectivity index (χ1v) is 8.51. The van der Waals surface area contributed by atoms with Crippen LogP contribution in [0, 0.1) is 18.3 Å². The quantitative estimate of drug-likeness (QED) is 0.795. The highest BCUT2D eigenvalue weighted by Gasteiger charge is 2.40. The molecule has 6 nitrogen and oxygen atoms in total. The summed E-state index contributed by atoms with van der Waals surface area (Å²) in [4.78, 5) is 14.4. The Morgan fingerprint density at radius 3 is 2.55 bits per heavy atom. The van der Waals surface area contributed by atoms with Gasteiger partial charge in [-0.3, -0.25) is 4.79 Å². The molecule has 0 radical (unpaired) electrons. The van der Waals surface area contributed by atoms with Crippen LogP contribution in [-0.4, -0.2) is 43.4 Å². The molecule has 0 unspecified atom stereocenters. The van der Waals surface area contributed by atoms with Crippen molar-refractivity contribution in [3.05, 3.63) is 5.82 Å². The molecule has 1 amide bonds. The van der Waals surface area contributed by atoms with Crippen molar-refractivity contribution in [1.82, 2.24) is 19.7 Å². The van der Waals surface area contributed by atoms with E-state index in [0.717, 1.165) is 43.1 Å². The summed E-state index contributed by atoms with van der Waals surface area (Å²) in [7, 11) is 3.65. The van der Waals surface area contributed by atoms with E-state index < -0.39 is 5.54 Å². The van der Waals surface area contributed by atoms with Gasteiger partial charge in [-0.1, -0.05) is 31.0 Å². The minimum Gasteiger partial charge on any atom is -0.326 e. The van der Waals surface area contributed by atoms with Crippen LogP contribution in [0.1, 0.15) is 44.9 Å². The molecule has 0 bridgehead atoms. The second-order valence-electron chi connectivity index (χ2n) is 5.95. The van der Waals surface area contributed by atoms with Crippen molar-refractivity contribution in [3.63, 3.8) is 0 Å². The number of carbonyl (C=O) groups is 1. The molecule has 1 aromatic heterocycles. The first-order chi connectivity index (χ1) is 10.4. The summed E-state index contributed by atoms with van der Waals surface area (Å²) in [6.45, 7) is 3.74. The van der Waals surface area contributed by atoms with Crippen LogP contribution < -0.4 is 0 Å². The Hall–Kier alpha value is -1.55. The normalized spacial score (nSPS) is 18.5. The summed E-state index contributed by atoms with van der Waals surface area (Å²) < 4.78 is 1.87. The fourth-order valence-corrected chi connectivity index (χ4v) is 3.79. The van der Waals surface area contributed by atoms with Gasteiger partial charge in [0.1, 0.15) is 11.4 Å². The van der Waals surface area contributed by atoms with Crippen molar-refractivity contribution in [2.24, 2.45) is 7.05 Å². The average Bonchev–Trinajstić information content (AvgIpc) is 2.86. The summed E-state index contributed by atoms with van der Waals surface area (Å²) in [5, 5.41) is 18.1. The third-order valence-corrected chi connectivity index (χ3v) is 5.67. The summed E-state index contributed by atoms with van der Waals surface area (Å²) in [6.07, 6.45) is 4.71. The van der Waals surface area contributed by atoms with Crippen LogP contribution in [0.3, 0.4) is 0 Å². The maximum Gasteiger partial charge on any atom is 0.236 e. The van der Waals surface area contributed by atoms with Gasteiger partial charge >= 0.3 is 0 Å². The number of nitriles is 1. The maximum atomic E-state index is 12.7. The SMILES string of the molecule is Cc1nnc(S[C@@H](C)C(=O)N(C)C2(C#N)CCCCC2)n1C. The number of aryl methyl sites for hydroxylation is 1. The topological polar surface area (TPSA) is 74.8 Å². The van der Waals surface area contributed by atoms with E-state index in [-0.39, 0.29) is 11.2 Å². The predicted octanol–water partition coefficient (Wildman–Crippen LogP) is 2.29. The Morgan fingerprint density at radius 2 is 2.05 bits per heavy atom. The molecule has 0 spiro atoms. The van der Waals surface area contributed by atoms with Crippen molar-refractivity contribution in [2.75, 3.05) is 7.05 Å². The molecule has 7 heteroatoms. The van der Waals surface area contributed by atoms with E-state index in [0.29, 0.717) is 0 Å². The van der Waals surface area contributed by atoms with Gasteiger partial charge in [-0.05, 0) is 26.7 Å². The average molecular weight is 321 g/mol. The number of hydrogen-bond donors (Lipinski definition) is 0. The van der Waals surface area contributed by atoms with Gasteiger partial charge in [0.05, 0.1) is 11.3 Å². The Bertz CT molecular complexity index is 585. The first kappa shape index (κ1) is 16.8. The van der Waals surface area contributed by atoms with Crippen LogP contribution in [0.4, 0.5) is 0 Å². The minimum absolute atomic E-state index is 0.0193. The maximum absolute atomic E-state index is 12.7. The number of carbonyl (C=O) groups excluding carboxylic acids is 1. The lowest BCUT2D eigenvalue weighted by molar-refractivity contribution is -0.133. The number of rotatable bonds is 4. The molecule has 22 heavy (non-hydrogen) atoms. The lowest BCUT2D eigenvalue weighted by Gasteiger charge is -2.40. The van der Waals surface area contributed by atoms with Crippen LogP contribution in [0.5, 0.6) is 0 Å². The Labute approximate surface area is 135 Å². The molecule has 1 aliphatic rings. The van der Waals surface area contributed by atoms with Gasteiger partial charge in [-0.2, -0.15) is 5.26 Å². The van der Waals surface area contributed by atoms with Gasteiger partial charge < -0.3 is 9.47 Å². The number of thioether (sulfide) groups is 1. The number of hydrogen-bond acceptors (Lipinski definition) is 5. The third-order valence-electron chi connectivity index (χ3n) is 4.54. The molecule has 0 saturated heterocycles. The molecule has 1 atom stereocenters. The second kappa shape index (κ2) is 6.69. The second-order valence-corrected chi connectivity index (χ2v) is 7.26. The van der Waals surface area contributed by atoms with Gasteiger partial charge in [0, 0.05) is 14.1 Å². The van der Waals surface area contributed by atoms with Crippen molar-refractivity contribution in [3.8, 4) is 6.07 Å². The first-order valence-electron chi connectivity index (χ1n) is 7.63. The molecule has 0 N–H and O–H groups in total. The Morgan fingerprint density at radius 1 is 1.41 bits per heavy atom. The zero-order valence-electron chi connectivity index (χ0n) is 13.7. The molecule has 1 fully saturated rings. The molecule has 0 aromatic carbocycles. The van der Waals surface area contributed by atoms with Crippen LogP contribution in [0.25, 0.3) is 0 Å². The largest absolute Gasteiger partial charge is 0.326 e. The minimum atomic E-state index is -0.639. The van der Waals surface area contributed by atoms with Crippen molar-refractivity contribution >= 4 is 17.7 Å². The smallest absolute Gasteiger partial charge is 0.236 e. The van der Waals surface area contributed by atoms with Crippen molar-refractivity contribution in [2.45, 2.75) is 61.9 Å². The highest BCUT2D eigenvalue weighted by molar-refractivity contribution is 8.00. The standard InChI is InChI=1S/C15H23N5OS/c1-11(22-14-18-17-12(2)19(14)3)13(21)20(4)15(10-16)8-6-5-7-9-15/h11H,5-9H2,1-4H3/t11-/m0/s1. The van der Waals surface area contributed by atoms with Crippen LogP contribution in [0.15, 0.2) is 5.16 Å². The molecular formula is C15H23N5OS. The Balaban J connectivity index is 2.09. The van der Waals surface area contributed by atoms with E-state index in [1.165, 1.54) is 11.8 Å². The lowest BCUT2D eigenvalue weighted by Crippen LogP contribution is -2.52. The van der Waals surface area contributed by atoms with E-state index in [9.17, 15) is 10.1 Å². The molecule has 120 valence electrons. The van der Waals surface area contributed by atoms with E-state index >= 15 is 0 Å². The zero-order chi connectivity index (χ0) is 16.3. The highest BCUT2D eigenvalue weighted by atomic mass is 32.2. The fraction of sp³-hybridized carbons (Fsp3) is 0.733. The summed E-state index contributed by atoms with van der Waals surface area (Å²) >= 11 is 1.39. The predicted molar refractivity (Wildman–Crippen MR) is 85.3 cm³/mol. The number of amides is 1.